The van der Waals surface area contributed by atoms with Crippen LogP contribution in [0.2, 0.25) is 0 Å². The van der Waals surface area contributed by atoms with Crippen LogP contribution < -0.4 is 0 Å². The molecule has 1 saturated carbocycles. The summed E-state index contributed by atoms with van der Waals surface area (Å²) in [4.78, 5) is 47.7. The molecule has 2 bridgehead atoms. The molecule has 0 amide bonds. The molecule has 0 aromatic rings. The summed E-state index contributed by atoms with van der Waals surface area (Å²) in [6.07, 6.45) is 4.65. The summed E-state index contributed by atoms with van der Waals surface area (Å²) in [5.41, 5.74) is 0. The van der Waals surface area contributed by atoms with E-state index in [0.717, 1.165) is 12.5 Å². The first kappa shape index (κ1) is 17.5. The van der Waals surface area contributed by atoms with Gasteiger partial charge in [0.15, 0.2) is 0 Å². The number of carboxylic acid groups (broad SMARTS) is 2. The Morgan fingerprint density at radius 1 is 0.750 bits per heavy atom. The van der Waals surface area contributed by atoms with Gasteiger partial charge in [0.05, 0.1) is 36.2 Å². The Hall–Kier alpha value is -2.90. The number of hydrogen-bond donors (Lipinski definition) is 2. The first-order chi connectivity index (χ1) is 11.3. The predicted molar refractivity (Wildman–Crippen MR) is 77.9 cm³/mol. The molecule has 6 unspecified atom stereocenters. The number of allylic oxidation sites excluding steroid dienone is 2. The summed E-state index contributed by atoms with van der Waals surface area (Å²) < 4.78 is 9.47. The van der Waals surface area contributed by atoms with Crippen LogP contribution in [0.5, 0.6) is 0 Å². The van der Waals surface area contributed by atoms with E-state index in [2.05, 4.69) is 13.2 Å². The third kappa shape index (κ3) is 2.70. The number of carboxylic acids is 2. The molecule has 0 radical (unpaired) electrons. The largest absolute Gasteiger partial charge is 0.481 e. The lowest BCUT2D eigenvalue weighted by Gasteiger charge is -2.48. The van der Waals surface area contributed by atoms with Gasteiger partial charge in [0.2, 0.25) is 0 Å². The summed E-state index contributed by atoms with van der Waals surface area (Å²) in [6, 6.07) is 0. The average molecular weight is 336 g/mol. The lowest BCUT2D eigenvalue weighted by atomic mass is 9.53. The zero-order valence-electron chi connectivity index (χ0n) is 12.5. The number of carbonyl (C=O) groups excluding carboxylic acids is 2. The molecule has 3 aliphatic rings. The molecule has 0 saturated heterocycles. The quantitative estimate of drug-likeness (QED) is 0.414. The minimum Gasteiger partial charge on any atom is -0.481 e. The monoisotopic (exact) mass is 336 g/mol. The van der Waals surface area contributed by atoms with Crippen LogP contribution in [0.1, 0.15) is 0 Å². The minimum atomic E-state index is -1.35. The summed E-state index contributed by atoms with van der Waals surface area (Å²) in [7, 11) is 0. The molecule has 3 aliphatic carbocycles. The first-order valence-corrected chi connectivity index (χ1v) is 7.11. The van der Waals surface area contributed by atoms with Gasteiger partial charge >= 0.3 is 23.9 Å². The van der Waals surface area contributed by atoms with Gasteiger partial charge in [0.1, 0.15) is 0 Å². The maximum Gasteiger partial charge on any atom is 0.315 e. The second-order valence-corrected chi connectivity index (χ2v) is 5.53. The fraction of sp³-hybridized carbons (Fsp3) is 0.375. The SMILES string of the molecule is C=COC(=O)C1C2C=CC(C(C(=O)O)C2C(=O)O)C1C(=O)OC=C. The Bertz CT molecular complexity index is 580. The van der Waals surface area contributed by atoms with Crippen LogP contribution in [0.25, 0.3) is 0 Å². The van der Waals surface area contributed by atoms with Gasteiger partial charge < -0.3 is 19.7 Å². The van der Waals surface area contributed by atoms with Crippen molar-refractivity contribution in [1.29, 1.82) is 0 Å². The molecule has 0 aromatic carbocycles. The van der Waals surface area contributed by atoms with Crippen LogP contribution in [-0.2, 0) is 28.7 Å². The number of aliphatic carboxylic acids is 2. The van der Waals surface area contributed by atoms with Crippen LogP contribution in [0.3, 0.4) is 0 Å². The van der Waals surface area contributed by atoms with E-state index < -0.39 is 59.4 Å². The topological polar surface area (TPSA) is 127 Å². The van der Waals surface area contributed by atoms with Crippen molar-refractivity contribution in [3.63, 3.8) is 0 Å². The van der Waals surface area contributed by atoms with Crippen molar-refractivity contribution in [2.45, 2.75) is 0 Å². The van der Waals surface area contributed by atoms with Gasteiger partial charge in [-0.15, -0.1) is 0 Å². The Labute approximate surface area is 137 Å². The maximum absolute atomic E-state index is 12.3. The fourth-order valence-electron chi connectivity index (χ4n) is 3.71. The molecular formula is C16H16O8. The zero-order chi connectivity index (χ0) is 18.0. The van der Waals surface area contributed by atoms with Gasteiger partial charge in [-0.3, -0.25) is 19.2 Å². The number of fused-ring (bicyclic) bond motifs is 2. The van der Waals surface area contributed by atoms with E-state index in [1.165, 1.54) is 12.2 Å². The second kappa shape index (κ2) is 6.69. The Kier molecular flexibility index (Phi) is 4.87. The Morgan fingerprint density at radius 2 is 1.08 bits per heavy atom. The van der Waals surface area contributed by atoms with Gasteiger partial charge in [-0.2, -0.15) is 0 Å². The normalized spacial score (nSPS) is 33.3. The number of ether oxygens (including phenoxy) is 2. The molecule has 24 heavy (non-hydrogen) atoms. The van der Waals surface area contributed by atoms with Crippen molar-refractivity contribution >= 4 is 23.9 Å². The predicted octanol–water partition coefficient (Wildman–Crippen LogP) is 0.810. The van der Waals surface area contributed by atoms with Crippen LogP contribution in [0.15, 0.2) is 37.8 Å². The number of hydrogen-bond acceptors (Lipinski definition) is 6. The summed E-state index contributed by atoms with van der Waals surface area (Å²) in [5, 5.41) is 18.9. The lowest BCUT2D eigenvalue weighted by Crippen LogP contribution is -2.57. The Balaban J connectivity index is 2.54. The molecule has 6 atom stereocenters. The van der Waals surface area contributed by atoms with Crippen LogP contribution in [0, 0.1) is 35.5 Å². The van der Waals surface area contributed by atoms with Crippen molar-refractivity contribution in [3.8, 4) is 0 Å². The molecule has 2 N–H and O–H groups in total. The third-order valence-electron chi connectivity index (χ3n) is 4.50. The van der Waals surface area contributed by atoms with Crippen LogP contribution >= 0.6 is 0 Å². The van der Waals surface area contributed by atoms with E-state index in [0.29, 0.717) is 0 Å². The molecular weight excluding hydrogens is 320 g/mol. The van der Waals surface area contributed by atoms with E-state index in [9.17, 15) is 29.4 Å². The third-order valence-corrected chi connectivity index (χ3v) is 4.50. The molecule has 0 aliphatic heterocycles. The first-order valence-electron chi connectivity index (χ1n) is 7.11. The van der Waals surface area contributed by atoms with E-state index in [-0.39, 0.29) is 0 Å². The average Bonchev–Trinajstić information content (AvgIpc) is 2.53. The smallest absolute Gasteiger partial charge is 0.315 e. The Morgan fingerprint density at radius 3 is 1.33 bits per heavy atom. The molecule has 8 nitrogen and oxygen atoms in total. The molecule has 1 fully saturated rings. The summed E-state index contributed by atoms with van der Waals surface area (Å²) >= 11 is 0. The van der Waals surface area contributed by atoms with Gasteiger partial charge in [-0.25, -0.2) is 0 Å². The number of esters is 2. The summed E-state index contributed by atoms with van der Waals surface area (Å²) in [6.45, 7) is 6.51. The van der Waals surface area contributed by atoms with Gasteiger partial charge in [-0.05, 0) is 0 Å². The van der Waals surface area contributed by atoms with Gasteiger partial charge in [-0.1, -0.05) is 25.3 Å². The van der Waals surface area contributed by atoms with Crippen molar-refractivity contribution < 1.29 is 38.9 Å². The molecule has 0 spiro atoms. The van der Waals surface area contributed by atoms with Gasteiger partial charge in [0.25, 0.3) is 0 Å². The maximum atomic E-state index is 12.3. The molecule has 0 heterocycles. The van der Waals surface area contributed by atoms with Crippen molar-refractivity contribution in [2.75, 3.05) is 0 Å². The highest BCUT2D eigenvalue weighted by atomic mass is 16.5. The molecule has 3 rings (SSSR count). The number of rotatable bonds is 6. The molecule has 128 valence electrons. The van der Waals surface area contributed by atoms with E-state index in [1.54, 1.807) is 0 Å². The summed E-state index contributed by atoms with van der Waals surface area (Å²) in [5.74, 6) is -11.5. The highest BCUT2D eigenvalue weighted by Gasteiger charge is 2.61. The highest BCUT2D eigenvalue weighted by molar-refractivity contribution is 5.89. The van der Waals surface area contributed by atoms with Crippen LogP contribution in [0.4, 0.5) is 0 Å². The van der Waals surface area contributed by atoms with Crippen molar-refractivity contribution in [2.24, 2.45) is 35.5 Å². The number of carbonyl (C=O) groups is 4. The standard InChI is InChI=1S/C16H16O8/c1-3-23-15(21)11-7-5-6-8(12(11)16(22)24-4-2)10(14(19)20)9(7)13(17)18/h3-12H,1-2H2,(H,17,18)(H,19,20). The van der Waals surface area contributed by atoms with E-state index in [1.807, 2.05) is 0 Å². The minimum absolute atomic E-state index is 0.856. The van der Waals surface area contributed by atoms with Crippen LogP contribution in [-0.4, -0.2) is 34.1 Å². The lowest BCUT2D eigenvalue weighted by molar-refractivity contribution is -0.178. The molecule has 8 heteroatoms. The van der Waals surface area contributed by atoms with Crippen molar-refractivity contribution in [1.82, 2.24) is 0 Å². The van der Waals surface area contributed by atoms with Crippen molar-refractivity contribution in [3.05, 3.63) is 37.8 Å². The zero-order valence-corrected chi connectivity index (χ0v) is 12.5. The second-order valence-electron chi connectivity index (χ2n) is 5.53. The van der Waals surface area contributed by atoms with Gasteiger partial charge in [0, 0.05) is 11.8 Å². The van der Waals surface area contributed by atoms with E-state index in [4.69, 9.17) is 9.47 Å². The molecule has 0 aromatic heterocycles. The fourth-order valence-corrected chi connectivity index (χ4v) is 3.71. The highest BCUT2D eigenvalue weighted by Crippen LogP contribution is 2.52. The van der Waals surface area contributed by atoms with E-state index >= 15 is 0 Å².